The molecule has 174 valence electrons. The zero-order valence-corrected chi connectivity index (χ0v) is 19.5. The Bertz CT molecular complexity index is 1300. The van der Waals surface area contributed by atoms with Gasteiger partial charge in [0.15, 0.2) is 0 Å². The van der Waals surface area contributed by atoms with Crippen molar-refractivity contribution in [3.8, 4) is 11.3 Å². The fraction of sp³-hybridized carbons (Fsp3) is 0.273. The first-order valence-electron chi connectivity index (χ1n) is 10.1. The monoisotopic (exact) mass is 493 g/mol. The van der Waals surface area contributed by atoms with Gasteiger partial charge in [-0.2, -0.15) is 4.31 Å². The number of nitrogens with zero attached hydrogens (tertiary/aromatic N) is 2. The molecular formula is C22H21ClFN3O5S. The van der Waals surface area contributed by atoms with Gasteiger partial charge in [-0.15, -0.1) is 0 Å². The predicted octanol–water partition coefficient (Wildman–Crippen LogP) is 4.02. The molecule has 2 heterocycles. The molecule has 3 aromatic rings. The number of nitrogens with one attached hydrogen (secondary N) is 1. The van der Waals surface area contributed by atoms with Gasteiger partial charge in [-0.05, 0) is 43.7 Å². The Morgan fingerprint density at radius 3 is 2.61 bits per heavy atom. The second-order valence-electron chi connectivity index (χ2n) is 7.51. The topological polar surface area (TPSA) is 102 Å². The first kappa shape index (κ1) is 23.4. The Hall–Kier alpha value is -2.79. The summed E-state index contributed by atoms with van der Waals surface area (Å²) in [5.41, 5.74) is 0.844. The van der Waals surface area contributed by atoms with Crippen molar-refractivity contribution >= 4 is 33.2 Å². The highest BCUT2D eigenvalue weighted by molar-refractivity contribution is 7.89. The van der Waals surface area contributed by atoms with E-state index < -0.39 is 21.7 Å². The van der Waals surface area contributed by atoms with E-state index in [2.05, 4.69) is 10.5 Å². The molecule has 0 saturated carbocycles. The molecule has 1 N–H and O–H groups in total. The third-order valence-corrected chi connectivity index (χ3v) is 7.56. The van der Waals surface area contributed by atoms with Crippen LogP contribution in [-0.2, 0) is 14.8 Å². The molecule has 0 bridgehead atoms. The van der Waals surface area contributed by atoms with Crippen LogP contribution in [0.4, 0.5) is 10.1 Å². The van der Waals surface area contributed by atoms with Crippen molar-refractivity contribution in [2.45, 2.75) is 18.7 Å². The van der Waals surface area contributed by atoms with Gasteiger partial charge in [0.2, 0.25) is 10.0 Å². The number of carbonyl (C=O) groups excluding carboxylic acids is 1. The van der Waals surface area contributed by atoms with Crippen molar-refractivity contribution in [2.24, 2.45) is 0 Å². The number of sulfonamides is 1. The smallest absolute Gasteiger partial charge is 0.261 e. The molecule has 1 aliphatic rings. The average molecular weight is 494 g/mol. The lowest BCUT2D eigenvalue weighted by atomic mass is 10.0. The van der Waals surface area contributed by atoms with Crippen LogP contribution < -0.4 is 5.32 Å². The maximum atomic E-state index is 14.5. The van der Waals surface area contributed by atoms with Crippen LogP contribution in [0.5, 0.6) is 0 Å². The first-order valence-corrected chi connectivity index (χ1v) is 11.9. The van der Waals surface area contributed by atoms with E-state index in [9.17, 15) is 17.6 Å². The summed E-state index contributed by atoms with van der Waals surface area (Å²) in [5, 5.41) is 6.62. The van der Waals surface area contributed by atoms with E-state index in [1.54, 1.807) is 13.0 Å². The number of aryl methyl sites for hydroxylation is 2. The maximum Gasteiger partial charge on any atom is 0.261 e. The van der Waals surface area contributed by atoms with Crippen LogP contribution in [0.3, 0.4) is 0 Å². The summed E-state index contributed by atoms with van der Waals surface area (Å²) in [7, 11) is -3.76. The van der Waals surface area contributed by atoms with E-state index in [1.165, 1.54) is 41.6 Å². The van der Waals surface area contributed by atoms with Crippen molar-refractivity contribution < 1.29 is 26.9 Å². The largest absolute Gasteiger partial charge is 0.379 e. The second kappa shape index (κ2) is 9.22. The van der Waals surface area contributed by atoms with Gasteiger partial charge in [0.1, 0.15) is 22.8 Å². The van der Waals surface area contributed by atoms with Crippen molar-refractivity contribution in [3.63, 3.8) is 0 Å². The summed E-state index contributed by atoms with van der Waals surface area (Å²) >= 11 is 6.15. The van der Waals surface area contributed by atoms with Crippen LogP contribution >= 0.6 is 11.6 Å². The molecule has 0 spiro atoms. The summed E-state index contributed by atoms with van der Waals surface area (Å²) in [4.78, 5) is 13.2. The quantitative estimate of drug-likeness (QED) is 0.576. The Morgan fingerprint density at radius 1 is 1.18 bits per heavy atom. The molecule has 2 aromatic carbocycles. The van der Waals surface area contributed by atoms with Gasteiger partial charge in [-0.1, -0.05) is 28.9 Å². The van der Waals surface area contributed by atoms with Crippen molar-refractivity contribution in [1.82, 2.24) is 9.46 Å². The zero-order valence-electron chi connectivity index (χ0n) is 17.9. The minimum Gasteiger partial charge on any atom is -0.379 e. The number of halogens is 2. The molecule has 11 heteroatoms. The third kappa shape index (κ3) is 4.51. The van der Waals surface area contributed by atoms with Crippen LogP contribution in [0.2, 0.25) is 5.02 Å². The third-order valence-electron chi connectivity index (χ3n) is 5.35. The van der Waals surface area contributed by atoms with E-state index >= 15 is 0 Å². The van der Waals surface area contributed by atoms with E-state index in [-0.39, 0.29) is 45.6 Å². The van der Waals surface area contributed by atoms with Gasteiger partial charge in [0.05, 0.1) is 28.7 Å². The highest BCUT2D eigenvalue weighted by Gasteiger charge is 2.28. The first-order chi connectivity index (χ1) is 15.7. The number of hydrogen-bond donors (Lipinski definition) is 1. The molecule has 0 aliphatic carbocycles. The number of morpholine rings is 1. The van der Waals surface area contributed by atoms with Crippen molar-refractivity contribution in [1.29, 1.82) is 0 Å². The molecule has 0 radical (unpaired) electrons. The number of aromatic nitrogens is 1. The number of amides is 1. The van der Waals surface area contributed by atoms with Crippen LogP contribution in [0.15, 0.2) is 45.8 Å². The Labute approximate surface area is 195 Å². The number of carbonyl (C=O) groups is 1. The Kier molecular flexibility index (Phi) is 6.53. The molecule has 0 atom stereocenters. The summed E-state index contributed by atoms with van der Waals surface area (Å²) < 4.78 is 52.2. The predicted molar refractivity (Wildman–Crippen MR) is 120 cm³/mol. The van der Waals surface area contributed by atoms with Gasteiger partial charge >= 0.3 is 0 Å². The normalized spacial score (nSPS) is 14.9. The maximum absolute atomic E-state index is 14.5. The fourth-order valence-electron chi connectivity index (χ4n) is 3.55. The lowest BCUT2D eigenvalue weighted by molar-refractivity contribution is 0.0730. The molecule has 1 saturated heterocycles. The average Bonchev–Trinajstić information content (AvgIpc) is 3.16. The molecule has 1 amide bonds. The number of benzene rings is 2. The van der Waals surface area contributed by atoms with Crippen molar-refractivity contribution in [2.75, 3.05) is 31.6 Å². The zero-order chi connectivity index (χ0) is 23.8. The van der Waals surface area contributed by atoms with Gasteiger partial charge in [0.25, 0.3) is 5.91 Å². The van der Waals surface area contributed by atoms with E-state index in [1.807, 2.05) is 0 Å². The lowest BCUT2D eigenvalue weighted by Gasteiger charge is -2.26. The fourth-order valence-corrected chi connectivity index (χ4v) is 5.24. The summed E-state index contributed by atoms with van der Waals surface area (Å²) in [5.74, 6) is -1.12. The number of hydrogen-bond acceptors (Lipinski definition) is 6. The van der Waals surface area contributed by atoms with Crippen molar-refractivity contribution in [3.05, 3.63) is 64.1 Å². The van der Waals surface area contributed by atoms with Gasteiger partial charge < -0.3 is 14.6 Å². The summed E-state index contributed by atoms with van der Waals surface area (Å²) in [6.45, 7) is 4.41. The minimum absolute atomic E-state index is 0.00263. The van der Waals surface area contributed by atoms with E-state index in [0.717, 1.165) is 0 Å². The van der Waals surface area contributed by atoms with Gasteiger partial charge in [0, 0.05) is 18.8 Å². The summed E-state index contributed by atoms with van der Waals surface area (Å²) in [6, 6.07) is 8.63. The molecule has 33 heavy (non-hydrogen) atoms. The number of anilines is 1. The molecule has 1 aromatic heterocycles. The standard InChI is InChI=1S/C22H21ClFN3O5S/c1-13-6-7-15(33(29,30)27-8-10-31-11-9-27)12-18(13)25-22(28)19-14(2)32-26-21(19)20-16(23)4-3-5-17(20)24/h3-7,12H,8-11H2,1-2H3,(H,25,28). The minimum atomic E-state index is -3.76. The van der Waals surface area contributed by atoms with Crippen LogP contribution in [0, 0.1) is 19.7 Å². The Morgan fingerprint density at radius 2 is 1.91 bits per heavy atom. The highest BCUT2D eigenvalue weighted by atomic mass is 35.5. The van der Waals surface area contributed by atoms with Crippen LogP contribution in [-0.4, -0.2) is 50.1 Å². The number of ether oxygens (including phenoxy) is 1. The SMILES string of the molecule is Cc1ccc(S(=O)(=O)N2CCOCC2)cc1NC(=O)c1c(-c2c(F)cccc2Cl)noc1C. The number of rotatable bonds is 5. The van der Waals surface area contributed by atoms with Crippen LogP contribution in [0.1, 0.15) is 21.7 Å². The molecule has 8 nitrogen and oxygen atoms in total. The Balaban J connectivity index is 1.68. The summed E-state index contributed by atoms with van der Waals surface area (Å²) in [6.07, 6.45) is 0. The molecule has 0 unspecified atom stereocenters. The van der Waals surface area contributed by atoms with E-state index in [4.69, 9.17) is 20.9 Å². The lowest BCUT2D eigenvalue weighted by Crippen LogP contribution is -2.40. The van der Waals surface area contributed by atoms with E-state index in [0.29, 0.717) is 24.5 Å². The second-order valence-corrected chi connectivity index (χ2v) is 9.85. The highest BCUT2D eigenvalue weighted by Crippen LogP contribution is 2.34. The van der Waals surface area contributed by atoms with Crippen LogP contribution in [0.25, 0.3) is 11.3 Å². The molecule has 1 fully saturated rings. The van der Waals surface area contributed by atoms with Gasteiger partial charge in [-0.3, -0.25) is 4.79 Å². The molecule has 1 aliphatic heterocycles. The van der Waals surface area contributed by atoms with Gasteiger partial charge in [-0.25, -0.2) is 12.8 Å². The molecule has 4 rings (SSSR count). The molecular weight excluding hydrogens is 473 g/mol.